The predicted molar refractivity (Wildman–Crippen MR) is 90.8 cm³/mol. The zero-order chi connectivity index (χ0) is 16.1. The van der Waals surface area contributed by atoms with E-state index in [1.54, 1.807) is 25.4 Å². The lowest BCUT2D eigenvalue weighted by Crippen LogP contribution is -2.26. The molecule has 0 aliphatic carbocycles. The van der Waals surface area contributed by atoms with E-state index in [0.717, 1.165) is 22.9 Å². The van der Waals surface area contributed by atoms with Gasteiger partial charge in [-0.1, -0.05) is 36.4 Å². The molecule has 4 heteroatoms. The number of para-hydroxylation sites is 2. The van der Waals surface area contributed by atoms with Crippen LogP contribution in [0.4, 0.5) is 0 Å². The van der Waals surface area contributed by atoms with Crippen LogP contribution in [0.5, 0.6) is 5.75 Å². The Morgan fingerprint density at radius 3 is 2.78 bits per heavy atom. The summed E-state index contributed by atoms with van der Waals surface area (Å²) in [5.74, 6) is 0.451. The van der Waals surface area contributed by atoms with E-state index in [1.165, 1.54) is 0 Å². The molecule has 0 unspecified atom stereocenters. The van der Waals surface area contributed by atoms with Crippen molar-refractivity contribution >= 4 is 16.8 Å². The van der Waals surface area contributed by atoms with E-state index in [4.69, 9.17) is 4.74 Å². The first kappa shape index (κ1) is 15.0. The van der Waals surface area contributed by atoms with Gasteiger partial charge in [0.05, 0.1) is 18.2 Å². The van der Waals surface area contributed by atoms with E-state index in [-0.39, 0.29) is 5.91 Å². The van der Waals surface area contributed by atoms with Gasteiger partial charge < -0.3 is 10.1 Å². The third-order valence-electron chi connectivity index (χ3n) is 3.75. The van der Waals surface area contributed by atoms with Gasteiger partial charge in [0.15, 0.2) is 0 Å². The van der Waals surface area contributed by atoms with Crippen molar-refractivity contribution in [2.45, 2.75) is 6.42 Å². The molecule has 0 saturated carbocycles. The van der Waals surface area contributed by atoms with Crippen LogP contribution >= 0.6 is 0 Å². The molecule has 0 spiro atoms. The van der Waals surface area contributed by atoms with Crippen molar-refractivity contribution in [2.24, 2.45) is 0 Å². The Balaban J connectivity index is 1.68. The summed E-state index contributed by atoms with van der Waals surface area (Å²) in [4.78, 5) is 16.7. The van der Waals surface area contributed by atoms with Gasteiger partial charge in [-0.3, -0.25) is 9.78 Å². The highest BCUT2D eigenvalue weighted by molar-refractivity contribution is 5.96. The fourth-order valence-corrected chi connectivity index (χ4v) is 2.61. The monoisotopic (exact) mass is 306 g/mol. The largest absolute Gasteiger partial charge is 0.496 e. The molecule has 0 saturated heterocycles. The molecule has 116 valence electrons. The number of methoxy groups -OCH3 is 1. The van der Waals surface area contributed by atoms with Crippen LogP contribution in [0.2, 0.25) is 0 Å². The van der Waals surface area contributed by atoms with Gasteiger partial charge >= 0.3 is 0 Å². The van der Waals surface area contributed by atoms with E-state index >= 15 is 0 Å². The van der Waals surface area contributed by atoms with E-state index in [9.17, 15) is 4.79 Å². The molecule has 1 heterocycles. The number of nitrogens with zero attached hydrogens (tertiary/aromatic N) is 1. The second kappa shape index (κ2) is 6.92. The minimum Gasteiger partial charge on any atom is -0.496 e. The van der Waals surface area contributed by atoms with Crippen LogP contribution in [0.1, 0.15) is 15.9 Å². The lowest BCUT2D eigenvalue weighted by atomic mass is 10.1. The molecule has 3 aromatic rings. The highest BCUT2D eigenvalue weighted by Crippen LogP contribution is 2.18. The molecule has 0 fully saturated rings. The number of nitrogens with one attached hydrogen (secondary N) is 1. The maximum Gasteiger partial charge on any atom is 0.255 e. The van der Waals surface area contributed by atoms with E-state index in [1.807, 2.05) is 42.5 Å². The van der Waals surface area contributed by atoms with E-state index < -0.39 is 0 Å². The summed E-state index contributed by atoms with van der Waals surface area (Å²) >= 11 is 0. The summed E-state index contributed by atoms with van der Waals surface area (Å²) in [6, 6.07) is 17.3. The summed E-state index contributed by atoms with van der Waals surface area (Å²) in [7, 11) is 1.56. The number of amides is 1. The number of ether oxygens (including phenoxy) is 1. The first-order chi connectivity index (χ1) is 11.3. The molecule has 0 bridgehead atoms. The van der Waals surface area contributed by atoms with Crippen LogP contribution in [0.15, 0.2) is 60.8 Å². The third-order valence-corrected chi connectivity index (χ3v) is 3.75. The lowest BCUT2D eigenvalue weighted by molar-refractivity contribution is 0.0951. The molecule has 0 radical (unpaired) electrons. The summed E-state index contributed by atoms with van der Waals surface area (Å²) in [5, 5.41) is 4.05. The van der Waals surface area contributed by atoms with Crippen molar-refractivity contribution in [3.8, 4) is 5.75 Å². The molecule has 1 aromatic heterocycles. The highest BCUT2D eigenvalue weighted by atomic mass is 16.5. The van der Waals surface area contributed by atoms with E-state index in [2.05, 4.69) is 10.3 Å². The van der Waals surface area contributed by atoms with Crippen molar-refractivity contribution in [2.75, 3.05) is 13.7 Å². The Morgan fingerprint density at radius 2 is 1.91 bits per heavy atom. The summed E-state index contributed by atoms with van der Waals surface area (Å²) < 4.78 is 5.22. The molecule has 1 N–H and O–H groups in total. The van der Waals surface area contributed by atoms with Crippen LogP contribution in [0, 0.1) is 0 Å². The molecular formula is C19H18N2O2. The molecular weight excluding hydrogens is 288 g/mol. The minimum atomic E-state index is -0.129. The number of benzene rings is 2. The predicted octanol–water partition coefficient (Wildman–Crippen LogP) is 3.22. The van der Waals surface area contributed by atoms with Crippen molar-refractivity contribution in [3.05, 3.63) is 71.9 Å². The van der Waals surface area contributed by atoms with Gasteiger partial charge in [0.2, 0.25) is 0 Å². The highest BCUT2D eigenvalue weighted by Gasteiger charge is 2.11. The Bertz CT molecular complexity index is 825. The SMILES string of the molecule is COc1ccccc1C(=O)NCCc1cccc2cccnc12. The smallest absolute Gasteiger partial charge is 0.255 e. The Hall–Kier alpha value is -2.88. The first-order valence-electron chi connectivity index (χ1n) is 7.53. The van der Waals surface area contributed by atoms with Crippen LogP contribution < -0.4 is 10.1 Å². The van der Waals surface area contributed by atoms with Gasteiger partial charge in [-0.25, -0.2) is 0 Å². The Labute approximate surface area is 135 Å². The Kier molecular flexibility index (Phi) is 4.52. The average Bonchev–Trinajstić information content (AvgIpc) is 2.61. The maximum absolute atomic E-state index is 12.3. The maximum atomic E-state index is 12.3. The summed E-state index contributed by atoms with van der Waals surface area (Å²) in [6.07, 6.45) is 2.52. The molecule has 1 amide bonds. The number of carbonyl (C=O) groups is 1. The quantitative estimate of drug-likeness (QED) is 0.787. The number of fused-ring (bicyclic) bond motifs is 1. The molecule has 23 heavy (non-hydrogen) atoms. The zero-order valence-corrected chi connectivity index (χ0v) is 13.0. The molecule has 0 aliphatic rings. The number of hydrogen-bond acceptors (Lipinski definition) is 3. The molecule has 2 aromatic carbocycles. The summed E-state index contributed by atoms with van der Waals surface area (Å²) in [6.45, 7) is 0.548. The average molecular weight is 306 g/mol. The van der Waals surface area contributed by atoms with Gasteiger partial charge in [-0.2, -0.15) is 0 Å². The normalized spacial score (nSPS) is 10.5. The second-order valence-electron chi connectivity index (χ2n) is 5.20. The molecule has 0 aliphatic heterocycles. The van der Waals surface area contributed by atoms with Gasteiger partial charge in [0, 0.05) is 18.1 Å². The molecule has 3 rings (SSSR count). The third kappa shape index (κ3) is 3.31. The van der Waals surface area contributed by atoms with Crippen molar-refractivity contribution in [1.82, 2.24) is 10.3 Å². The first-order valence-corrected chi connectivity index (χ1v) is 7.53. The number of rotatable bonds is 5. The number of pyridine rings is 1. The number of hydrogen-bond donors (Lipinski definition) is 1. The van der Waals surface area contributed by atoms with Crippen LogP contribution in [0.3, 0.4) is 0 Å². The van der Waals surface area contributed by atoms with Gasteiger partial charge in [0.25, 0.3) is 5.91 Å². The fraction of sp³-hybridized carbons (Fsp3) is 0.158. The number of carbonyl (C=O) groups excluding carboxylic acids is 1. The Morgan fingerprint density at radius 1 is 1.09 bits per heavy atom. The minimum absolute atomic E-state index is 0.129. The molecule has 4 nitrogen and oxygen atoms in total. The lowest BCUT2D eigenvalue weighted by Gasteiger charge is -2.10. The summed E-state index contributed by atoms with van der Waals surface area (Å²) in [5.41, 5.74) is 2.66. The van der Waals surface area contributed by atoms with E-state index in [0.29, 0.717) is 17.9 Å². The van der Waals surface area contributed by atoms with Crippen LogP contribution in [0.25, 0.3) is 10.9 Å². The fourth-order valence-electron chi connectivity index (χ4n) is 2.61. The van der Waals surface area contributed by atoms with Gasteiger partial charge in [-0.15, -0.1) is 0 Å². The molecule has 0 atom stereocenters. The van der Waals surface area contributed by atoms with Gasteiger partial charge in [0.1, 0.15) is 5.75 Å². The van der Waals surface area contributed by atoms with Crippen LogP contribution in [-0.2, 0) is 6.42 Å². The zero-order valence-electron chi connectivity index (χ0n) is 13.0. The van der Waals surface area contributed by atoms with Crippen LogP contribution in [-0.4, -0.2) is 24.5 Å². The topological polar surface area (TPSA) is 51.2 Å². The standard InChI is InChI=1S/C19H18N2O2/c1-23-17-10-3-2-9-16(17)19(22)21-13-11-15-7-4-6-14-8-5-12-20-18(14)15/h2-10,12H,11,13H2,1H3,(H,21,22). The van der Waals surface area contributed by atoms with Crippen molar-refractivity contribution in [1.29, 1.82) is 0 Å². The van der Waals surface area contributed by atoms with Crippen molar-refractivity contribution in [3.63, 3.8) is 0 Å². The second-order valence-corrected chi connectivity index (χ2v) is 5.20. The number of aromatic nitrogens is 1. The van der Waals surface area contributed by atoms with Gasteiger partial charge in [-0.05, 0) is 30.2 Å². The van der Waals surface area contributed by atoms with Crippen molar-refractivity contribution < 1.29 is 9.53 Å².